The molecule has 1 heterocycles. The van der Waals surface area contributed by atoms with Crippen LogP contribution >= 0.6 is 11.8 Å². The maximum atomic E-state index is 12.2. The second-order valence-electron chi connectivity index (χ2n) is 5.92. The summed E-state index contributed by atoms with van der Waals surface area (Å²) in [4.78, 5) is 13.2. The van der Waals surface area contributed by atoms with E-state index in [0.717, 1.165) is 22.1 Å². The molecule has 0 saturated heterocycles. The molecule has 1 aliphatic heterocycles. The number of hydrogen-bond acceptors (Lipinski definition) is 4. The van der Waals surface area contributed by atoms with Crippen LogP contribution in [0, 0.1) is 0 Å². The maximum Gasteiger partial charge on any atom is 0.234 e. The Morgan fingerprint density at radius 3 is 2.71 bits per heavy atom. The van der Waals surface area contributed by atoms with Crippen molar-refractivity contribution in [3.05, 3.63) is 48.0 Å². The van der Waals surface area contributed by atoms with Crippen LogP contribution in [0.2, 0.25) is 0 Å². The Morgan fingerprint density at radius 1 is 1.12 bits per heavy atom. The standard InChI is InChI=1S/C19H21NO3S/c1-13(2)14-4-3-5-15(10-14)20-19(21)12-24-16-6-7-17-18(11-16)23-9-8-22-17/h3-7,10-11,13H,8-9,12H2,1-2H3,(H,20,21). The van der Waals surface area contributed by atoms with Crippen molar-refractivity contribution in [2.45, 2.75) is 24.7 Å². The SMILES string of the molecule is CC(C)c1cccc(NC(=O)CSc2ccc3c(c2)OCCO3)c1. The molecule has 24 heavy (non-hydrogen) atoms. The number of nitrogens with one attached hydrogen (secondary N) is 1. The van der Waals surface area contributed by atoms with Gasteiger partial charge >= 0.3 is 0 Å². The van der Waals surface area contributed by atoms with Gasteiger partial charge in [-0.15, -0.1) is 11.8 Å². The smallest absolute Gasteiger partial charge is 0.234 e. The molecular weight excluding hydrogens is 322 g/mol. The van der Waals surface area contributed by atoms with Crippen LogP contribution in [0.4, 0.5) is 5.69 Å². The highest BCUT2D eigenvalue weighted by Crippen LogP contribution is 2.34. The number of rotatable bonds is 5. The third kappa shape index (κ3) is 4.23. The maximum absolute atomic E-state index is 12.2. The van der Waals surface area contributed by atoms with E-state index in [1.54, 1.807) is 0 Å². The lowest BCUT2D eigenvalue weighted by molar-refractivity contribution is -0.113. The number of carbonyl (C=O) groups is 1. The monoisotopic (exact) mass is 343 g/mol. The summed E-state index contributed by atoms with van der Waals surface area (Å²) >= 11 is 1.48. The fourth-order valence-corrected chi connectivity index (χ4v) is 3.16. The van der Waals surface area contributed by atoms with E-state index < -0.39 is 0 Å². The summed E-state index contributed by atoms with van der Waals surface area (Å²) in [5.41, 5.74) is 2.06. The minimum absolute atomic E-state index is 0.0178. The van der Waals surface area contributed by atoms with Gasteiger partial charge in [0.2, 0.25) is 5.91 Å². The highest BCUT2D eigenvalue weighted by Gasteiger charge is 2.12. The number of anilines is 1. The first-order valence-corrected chi connectivity index (χ1v) is 9.02. The molecule has 0 unspecified atom stereocenters. The fourth-order valence-electron chi connectivity index (χ4n) is 2.43. The van der Waals surface area contributed by atoms with Crippen LogP contribution in [-0.4, -0.2) is 24.9 Å². The highest BCUT2D eigenvalue weighted by atomic mass is 32.2. The molecule has 0 fully saturated rings. The van der Waals surface area contributed by atoms with E-state index in [2.05, 4.69) is 25.2 Å². The summed E-state index contributed by atoms with van der Waals surface area (Å²) in [7, 11) is 0. The Kier molecular flexibility index (Phi) is 5.30. The average molecular weight is 343 g/mol. The fraction of sp³-hybridized carbons (Fsp3) is 0.316. The number of benzene rings is 2. The van der Waals surface area contributed by atoms with Gasteiger partial charge in [0.1, 0.15) is 13.2 Å². The van der Waals surface area contributed by atoms with Crippen molar-refractivity contribution in [2.24, 2.45) is 0 Å². The lowest BCUT2D eigenvalue weighted by Crippen LogP contribution is -2.15. The Bertz CT molecular complexity index is 730. The average Bonchev–Trinajstić information content (AvgIpc) is 2.60. The number of amides is 1. The molecule has 1 amide bonds. The van der Waals surface area contributed by atoms with Crippen LogP contribution in [-0.2, 0) is 4.79 Å². The van der Waals surface area contributed by atoms with Gasteiger partial charge in [0.05, 0.1) is 5.75 Å². The number of fused-ring (bicyclic) bond motifs is 1. The van der Waals surface area contributed by atoms with Gasteiger partial charge in [-0.2, -0.15) is 0 Å². The molecule has 1 aliphatic rings. The van der Waals surface area contributed by atoms with Gasteiger partial charge < -0.3 is 14.8 Å². The van der Waals surface area contributed by atoms with Crippen LogP contribution in [0.1, 0.15) is 25.3 Å². The second-order valence-corrected chi connectivity index (χ2v) is 6.97. The number of ether oxygens (including phenoxy) is 2. The summed E-state index contributed by atoms with van der Waals surface area (Å²) < 4.78 is 11.1. The first-order chi connectivity index (χ1) is 11.6. The highest BCUT2D eigenvalue weighted by molar-refractivity contribution is 8.00. The Balaban J connectivity index is 1.57. The molecule has 0 bridgehead atoms. The van der Waals surface area contributed by atoms with E-state index in [-0.39, 0.29) is 5.91 Å². The first kappa shape index (κ1) is 16.7. The minimum atomic E-state index is -0.0178. The topological polar surface area (TPSA) is 47.6 Å². The summed E-state index contributed by atoms with van der Waals surface area (Å²) in [6.45, 7) is 5.42. The molecule has 0 saturated carbocycles. The second kappa shape index (κ2) is 7.62. The molecule has 5 heteroatoms. The molecule has 1 N–H and O–H groups in total. The number of hydrogen-bond donors (Lipinski definition) is 1. The normalized spacial score (nSPS) is 13.0. The third-order valence-corrected chi connectivity index (χ3v) is 4.71. The van der Waals surface area contributed by atoms with Crippen LogP contribution in [0.25, 0.3) is 0 Å². The molecule has 0 spiro atoms. The molecule has 126 valence electrons. The number of thioether (sulfide) groups is 1. The first-order valence-electron chi connectivity index (χ1n) is 8.04. The zero-order valence-corrected chi connectivity index (χ0v) is 14.7. The van der Waals surface area contributed by atoms with Crippen molar-refractivity contribution >= 4 is 23.4 Å². The van der Waals surface area contributed by atoms with Gasteiger partial charge in [0.25, 0.3) is 0 Å². The van der Waals surface area contributed by atoms with E-state index in [1.807, 2.05) is 36.4 Å². The summed E-state index contributed by atoms with van der Waals surface area (Å²) in [5, 5.41) is 2.95. The van der Waals surface area contributed by atoms with Crippen LogP contribution in [0.3, 0.4) is 0 Å². The van der Waals surface area contributed by atoms with Crippen molar-refractivity contribution in [1.82, 2.24) is 0 Å². The van der Waals surface area contributed by atoms with Gasteiger partial charge in [-0.25, -0.2) is 0 Å². The minimum Gasteiger partial charge on any atom is -0.486 e. The summed E-state index contributed by atoms with van der Waals surface area (Å²) in [5.74, 6) is 2.28. The molecule has 3 rings (SSSR count). The van der Waals surface area contributed by atoms with Crippen molar-refractivity contribution < 1.29 is 14.3 Å². The Hall–Kier alpha value is -2.14. The summed E-state index contributed by atoms with van der Waals surface area (Å²) in [6.07, 6.45) is 0. The van der Waals surface area contributed by atoms with E-state index in [4.69, 9.17) is 9.47 Å². The van der Waals surface area contributed by atoms with Gasteiger partial charge in [-0.05, 0) is 41.8 Å². The molecule has 0 atom stereocenters. The van der Waals surface area contributed by atoms with Gasteiger partial charge in [-0.1, -0.05) is 26.0 Å². The van der Waals surface area contributed by atoms with Gasteiger partial charge in [-0.3, -0.25) is 4.79 Å². The summed E-state index contributed by atoms with van der Waals surface area (Å²) in [6, 6.07) is 13.7. The van der Waals surface area contributed by atoms with E-state index in [1.165, 1.54) is 17.3 Å². The quantitative estimate of drug-likeness (QED) is 0.822. The van der Waals surface area contributed by atoms with Crippen molar-refractivity contribution in [1.29, 1.82) is 0 Å². The van der Waals surface area contributed by atoms with Crippen LogP contribution in [0.15, 0.2) is 47.4 Å². The third-order valence-electron chi connectivity index (χ3n) is 3.72. The molecule has 0 aromatic heterocycles. The van der Waals surface area contributed by atoms with Crippen LogP contribution in [0.5, 0.6) is 11.5 Å². The Labute approximate surface area is 146 Å². The lowest BCUT2D eigenvalue weighted by Gasteiger charge is -2.18. The van der Waals surface area contributed by atoms with E-state index in [0.29, 0.717) is 24.9 Å². The van der Waals surface area contributed by atoms with Gasteiger partial charge in [0.15, 0.2) is 11.5 Å². The molecule has 0 aliphatic carbocycles. The number of carbonyl (C=O) groups excluding carboxylic acids is 1. The largest absolute Gasteiger partial charge is 0.486 e. The molecule has 0 radical (unpaired) electrons. The van der Waals surface area contributed by atoms with E-state index in [9.17, 15) is 4.79 Å². The molecule has 2 aromatic rings. The van der Waals surface area contributed by atoms with E-state index >= 15 is 0 Å². The zero-order chi connectivity index (χ0) is 16.9. The van der Waals surface area contributed by atoms with Crippen molar-refractivity contribution in [3.8, 4) is 11.5 Å². The predicted octanol–water partition coefficient (Wildman–Crippen LogP) is 4.31. The zero-order valence-electron chi connectivity index (χ0n) is 13.9. The molecular formula is C19H21NO3S. The van der Waals surface area contributed by atoms with Crippen molar-refractivity contribution in [2.75, 3.05) is 24.3 Å². The molecule has 2 aromatic carbocycles. The predicted molar refractivity (Wildman–Crippen MR) is 97.3 cm³/mol. The Morgan fingerprint density at radius 2 is 1.92 bits per heavy atom. The van der Waals surface area contributed by atoms with Crippen molar-refractivity contribution in [3.63, 3.8) is 0 Å². The molecule has 4 nitrogen and oxygen atoms in total. The lowest BCUT2D eigenvalue weighted by atomic mass is 10.0. The van der Waals surface area contributed by atoms with Crippen LogP contribution < -0.4 is 14.8 Å². The van der Waals surface area contributed by atoms with Gasteiger partial charge in [0, 0.05) is 10.6 Å².